The molecule has 0 unspecified atom stereocenters. The lowest BCUT2D eigenvalue weighted by atomic mass is 10.2. The lowest BCUT2D eigenvalue weighted by molar-refractivity contribution is 0.423. The monoisotopic (exact) mass is 326 g/mol. The summed E-state index contributed by atoms with van der Waals surface area (Å²) in [6.07, 6.45) is 5.30. The van der Waals surface area contributed by atoms with Crippen molar-refractivity contribution in [3.8, 4) is 0 Å². The van der Waals surface area contributed by atoms with Gasteiger partial charge in [0, 0.05) is 19.6 Å². The van der Waals surface area contributed by atoms with Crippen LogP contribution in [0.25, 0.3) is 0 Å². The van der Waals surface area contributed by atoms with Crippen molar-refractivity contribution in [1.82, 2.24) is 9.03 Å². The normalized spacial score (nSPS) is 18.9. The number of nitrogens with one attached hydrogen (secondary N) is 1. The first-order valence-electron chi connectivity index (χ1n) is 7.32. The van der Waals surface area contributed by atoms with Gasteiger partial charge in [0.2, 0.25) is 20.0 Å². The van der Waals surface area contributed by atoms with E-state index in [1.165, 1.54) is 4.31 Å². The molecule has 120 valence electrons. The highest BCUT2D eigenvalue weighted by molar-refractivity contribution is 7.90. The smallest absolute Gasteiger partial charge is 0.214 e. The third-order valence-electron chi connectivity index (χ3n) is 3.41. The molecule has 0 aromatic rings. The minimum absolute atomic E-state index is 0.0368. The molecule has 0 atom stereocenters. The summed E-state index contributed by atoms with van der Waals surface area (Å²) in [6, 6.07) is 0. The Balaban J connectivity index is 2.43. The molecule has 1 aliphatic rings. The zero-order chi connectivity index (χ0) is 15.1. The Morgan fingerprint density at radius 2 is 1.55 bits per heavy atom. The predicted molar refractivity (Wildman–Crippen MR) is 80.5 cm³/mol. The Labute approximate surface area is 123 Å². The van der Waals surface area contributed by atoms with Crippen molar-refractivity contribution in [3.05, 3.63) is 0 Å². The summed E-state index contributed by atoms with van der Waals surface area (Å²) in [5, 5.41) is 0. The van der Waals surface area contributed by atoms with Crippen molar-refractivity contribution in [2.24, 2.45) is 0 Å². The first kappa shape index (κ1) is 17.9. The molecule has 20 heavy (non-hydrogen) atoms. The summed E-state index contributed by atoms with van der Waals surface area (Å²) in [5.74, 6) is -0.0916. The molecule has 1 N–H and O–H groups in total. The van der Waals surface area contributed by atoms with Crippen LogP contribution in [0.4, 0.5) is 0 Å². The van der Waals surface area contributed by atoms with Crippen molar-refractivity contribution in [3.63, 3.8) is 0 Å². The molecule has 0 bridgehead atoms. The molecule has 6 nitrogen and oxygen atoms in total. The van der Waals surface area contributed by atoms with E-state index in [2.05, 4.69) is 4.72 Å². The number of nitrogens with zero attached hydrogens (tertiary/aromatic N) is 1. The van der Waals surface area contributed by atoms with Gasteiger partial charge >= 0.3 is 0 Å². The van der Waals surface area contributed by atoms with Crippen molar-refractivity contribution in [1.29, 1.82) is 0 Å². The molecule has 0 spiro atoms. The fourth-order valence-electron chi connectivity index (χ4n) is 2.18. The summed E-state index contributed by atoms with van der Waals surface area (Å²) >= 11 is 0. The lowest BCUT2D eigenvalue weighted by Gasteiger charge is -2.19. The van der Waals surface area contributed by atoms with Gasteiger partial charge in [-0.2, -0.15) is 0 Å². The minimum atomic E-state index is -3.34. The van der Waals surface area contributed by atoms with Crippen LogP contribution in [0.2, 0.25) is 0 Å². The number of hydrogen-bond acceptors (Lipinski definition) is 4. The second-order valence-corrected chi connectivity index (χ2v) is 9.21. The molecule has 0 radical (unpaired) electrons. The molecule has 0 amide bonds. The Bertz CT molecular complexity index is 466. The fourth-order valence-corrected chi connectivity index (χ4v) is 4.97. The maximum atomic E-state index is 12.1. The maximum absolute atomic E-state index is 12.1. The minimum Gasteiger partial charge on any atom is -0.214 e. The molecule has 1 saturated heterocycles. The molecule has 1 rings (SSSR count). The van der Waals surface area contributed by atoms with Gasteiger partial charge in [0.1, 0.15) is 0 Å². The second kappa shape index (κ2) is 8.31. The van der Waals surface area contributed by atoms with Crippen LogP contribution in [0.15, 0.2) is 0 Å². The van der Waals surface area contributed by atoms with Crippen molar-refractivity contribution in [2.75, 3.05) is 31.1 Å². The van der Waals surface area contributed by atoms with E-state index in [9.17, 15) is 16.8 Å². The molecule has 8 heteroatoms. The third kappa shape index (κ3) is 6.51. The Morgan fingerprint density at radius 3 is 2.10 bits per heavy atom. The zero-order valence-electron chi connectivity index (χ0n) is 12.2. The van der Waals surface area contributed by atoms with Crippen molar-refractivity contribution >= 4 is 20.0 Å². The number of unbranched alkanes of at least 4 members (excludes halogenated alkanes) is 1. The number of sulfonamides is 2. The molecule has 1 aliphatic heterocycles. The van der Waals surface area contributed by atoms with E-state index in [1.54, 1.807) is 0 Å². The van der Waals surface area contributed by atoms with Crippen LogP contribution < -0.4 is 4.72 Å². The zero-order valence-corrected chi connectivity index (χ0v) is 13.8. The summed E-state index contributed by atoms with van der Waals surface area (Å²) in [5.41, 5.74) is 0. The van der Waals surface area contributed by atoms with E-state index in [-0.39, 0.29) is 18.1 Å². The number of hydrogen-bond donors (Lipinski definition) is 1. The van der Waals surface area contributed by atoms with Crippen LogP contribution in [-0.2, 0) is 20.0 Å². The van der Waals surface area contributed by atoms with Crippen LogP contribution in [-0.4, -0.2) is 52.3 Å². The Kier molecular flexibility index (Phi) is 7.42. The van der Waals surface area contributed by atoms with E-state index in [0.717, 1.165) is 32.1 Å². The van der Waals surface area contributed by atoms with Crippen LogP contribution in [0.5, 0.6) is 0 Å². The summed E-state index contributed by atoms with van der Waals surface area (Å²) < 4.78 is 51.3. The van der Waals surface area contributed by atoms with Crippen LogP contribution in [0.3, 0.4) is 0 Å². The van der Waals surface area contributed by atoms with Gasteiger partial charge in [0.15, 0.2) is 0 Å². The summed E-state index contributed by atoms with van der Waals surface area (Å²) in [4.78, 5) is 0. The lowest BCUT2D eigenvalue weighted by Crippen LogP contribution is -2.38. The highest BCUT2D eigenvalue weighted by atomic mass is 32.2. The Hall–Kier alpha value is -0.180. The van der Waals surface area contributed by atoms with Gasteiger partial charge in [-0.1, -0.05) is 26.2 Å². The molecule has 0 aromatic carbocycles. The molecule has 1 fully saturated rings. The molecular weight excluding hydrogens is 300 g/mol. The van der Waals surface area contributed by atoms with Gasteiger partial charge in [-0.3, -0.25) is 0 Å². The topological polar surface area (TPSA) is 83.5 Å². The summed E-state index contributed by atoms with van der Waals surface area (Å²) in [6.45, 7) is 3.00. The van der Waals surface area contributed by atoms with Crippen LogP contribution in [0.1, 0.15) is 45.4 Å². The van der Waals surface area contributed by atoms with E-state index < -0.39 is 20.0 Å². The molecule has 1 heterocycles. The van der Waals surface area contributed by atoms with E-state index in [4.69, 9.17) is 0 Å². The van der Waals surface area contributed by atoms with Gasteiger partial charge in [0.05, 0.1) is 11.5 Å². The first-order valence-corrected chi connectivity index (χ1v) is 10.6. The SMILES string of the molecule is CCCCS(=O)(=O)NCCS(=O)(=O)N1CCCCCC1. The van der Waals surface area contributed by atoms with Gasteiger partial charge in [-0.15, -0.1) is 0 Å². The number of rotatable bonds is 8. The van der Waals surface area contributed by atoms with Gasteiger partial charge in [-0.25, -0.2) is 25.9 Å². The predicted octanol–water partition coefficient (Wildman–Crippen LogP) is 0.912. The average molecular weight is 326 g/mol. The Morgan fingerprint density at radius 1 is 0.950 bits per heavy atom. The largest absolute Gasteiger partial charge is 0.215 e. The first-order chi connectivity index (χ1) is 9.37. The van der Waals surface area contributed by atoms with Gasteiger partial charge < -0.3 is 0 Å². The van der Waals surface area contributed by atoms with E-state index in [1.807, 2.05) is 6.92 Å². The molecule has 0 saturated carbocycles. The third-order valence-corrected chi connectivity index (χ3v) is 6.75. The van der Waals surface area contributed by atoms with Crippen molar-refractivity contribution in [2.45, 2.75) is 45.4 Å². The van der Waals surface area contributed by atoms with Crippen molar-refractivity contribution < 1.29 is 16.8 Å². The standard InChI is InChI=1S/C12H26N2O4S2/c1-2-3-11-19(15,16)13-8-12-20(17,18)14-9-6-4-5-7-10-14/h13H,2-12H2,1H3. The second-order valence-electron chi connectivity index (χ2n) is 5.20. The van der Waals surface area contributed by atoms with Gasteiger partial charge in [-0.05, 0) is 19.3 Å². The van der Waals surface area contributed by atoms with E-state index in [0.29, 0.717) is 19.5 Å². The van der Waals surface area contributed by atoms with Crippen LogP contribution in [0, 0.1) is 0 Å². The van der Waals surface area contributed by atoms with E-state index >= 15 is 0 Å². The average Bonchev–Trinajstić information content (AvgIpc) is 2.65. The quantitative estimate of drug-likeness (QED) is 0.719. The summed E-state index contributed by atoms with van der Waals surface area (Å²) in [7, 11) is -6.68. The molecule has 0 aliphatic carbocycles. The van der Waals surface area contributed by atoms with Gasteiger partial charge in [0.25, 0.3) is 0 Å². The highest BCUT2D eigenvalue weighted by Crippen LogP contribution is 2.13. The molecular formula is C12H26N2O4S2. The van der Waals surface area contributed by atoms with Crippen LogP contribution >= 0.6 is 0 Å². The maximum Gasteiger partial charge on any atom is 0.215 e. The molecule has 0 aromatic heterocycles. The highest BCUT2D eigenvalue weighted by Gasteiger charge is 2.23. The fraction of sp³-hybridized carbons (Fsp3) is 1.00.